The van der Waals surface area contributed by atoms with E-state index >= 15 is 0 Å². The molecule has 2 rings (SSSR count). The zero-order valence-electron chi connectivity index (χ0n) is 8.15. The Balaban J connectivity index is 0.000000980. The van der Waals surface area contributed by atoms with Gasteiger partial charge in [0.05, 0.1) is 5.25 Å². The van der Waals surface area contributed by atoms with Crippen molar-refractivity contribution in [3.8, 4) is 0 Å². The van der Waals surface area contributed by atoms with E-state index in [4.69, 9.17) is 5.73 Å². The minimum absolute atomic E-state index is 0. The number of carbonyl (C=O) groups is 1. The number of rotatable bonds is 1. The van der Waals surface area contributed by atoms with Gasteiger partial charge >= 0.3 is 0 Å². The Bertz CT molecular complexity index is 209. The van der Waals surface area contributed by atoms with Crippen LogP contribution in [0.2, 0.25) is 0 Å². The molecule has 0 radical (unpaired) electrons. The summed E-state index contributed by atoms with van der Waals surface area (Å²) in [5.41, 5.74) is 5.76. The SMILES string of the molecule is Cl.NC1CCN(C(=O)C2CCCS2)C1. The Hall–Kier alpha value is 0.0700. The average molecular weight is 237 g/mol. The van der Waals surface area contributed by atoms with Gasteiger partial charge in [0.15, 0.2) is 0 Å². The van der Waals surface area contributed by atoms with Crippen LogP contribution in [0.3, 0.4) is 0 Å². The highest BCUT2D eigenvalue weighted by molar-refractivity contribution is 8.00. The first-order valence-corrected chi connectivity index (χ1v) is 5.98. The van der Waals surface area contributed by atoms with Gasteiger partial charge in [-0.25, -0.2) is 0 Å². The van der Waals surface area contributed by atoms with E-state index in [2.05, 4.69) is 0 Å². The first-order chi connectivity index (χ1) is 6.27. The van der Waals surface area contributed by atoms with E-state index in [0.29, 0.717) is 5.91 Å². The molecule has 14 heavy (non-hydrogen) atoms. The normalized spacial score (nSPS) is 31.6. The number of amides is 1. The molecule has 82 valence electrons. The zero-order valence-corrected chi connectivity index (χ0v) is 9.78. The van der Waals surface area contributed by atoms with Crippen LogP contribution in [0.1, 0.15) is 19.3 Å². The van der Waals surface area contributed by atoms with Crippen LogP contribution in [0, 0.1) is 0 Å². The minimum atomic E-state index is 0. The Kier molecular flexibility index (Phi) is 4.54. The molecule has 2 N–H and O–H groups in total. The maximum Gasteiger partial charge on any atom is 0.235 e. The Labute approximate surface area is 95.2 Å². The Morgan fingerprint density at radius 3 is 2.71 bits per heavy atom. The Morgan fingerprint density at radius 1 is 1.43 bits per heavy atom. The molecule has 1 amide bonds. The molecule has 0 spiro atoms. The third kappa shape index (κ3) is 2.55. The predicted molar refractivity (Wildman–Crippen MR) is 61.9 cm³/mol. The second-order valence-corrected chi connectivity index (χ2v) is 5.15. The molecule has 2 saturated heterocycles. The number of hydrogen-bond acceptors (Lipinski definition) is 3. The van der Waals surface area contributed by atoms with Gasteiger partial charge in [-0.15, -0.1) is 24.2 Å². The number of halogens is 1. The van der Waals surface area contributed by atoms with E-state index in [1.54, 1.807) is 11.8 Å². The molecule has 0 aromatic heterocycles. The molecule has 0 aromatic carbocycles. The van der Waals surface area contributed by atoms with Crippen LogP contribution in [-0.2, 0) is 4.79 Å². The van der Waals surface area contributed by atoms with Crippen molar-refractivity contribution in [3.05, 3.63) is 0 Å². The van der Waals surface area contributed by atoms with Gasteiger partial charge in [0.1, 0.15) is 0 Å². The van der Waals surface area contributed by atoms with E-state index in [1.165, 1.54) is 6.42 Å². The van der Waals surface area contributed by atoms with Crippen LogP contribution in [0.4, 0.5) is 0 Å². The number of nitrogens with zero attached hydrogens (tertiary/aromatic N) is 1. The number of likely N-dealkylation sites (tertiary alicyclic amines) is 1. The van der Waals surface area contributed by atoms with Gasteiger partial charge in [0.2, 0.25) is 5.91 Å². The van der Waals surface area contributed by atoms with E-state index in [-0.39, 0.29) is 23.7 Å². The molecule has 0 saturated carbocycles. The number of hydrogen-bond donors (Lipinski definition) is 1. The van der Waals surface area contributed by atoms with Gasteiger partial charge in [-0.05, 0) is 25.0 Å². The molecule has 0 bridgehead atoms. The quantitative estimate of drug-likeness (QED) is 0.735. The summed E-state index contributed by atoms with van der Waals surface area (Å²) < 4.78 is 0. The lowest BCUT2D eigenvalue weighted by Gasteiger charge is -2.19. The number of carbonyl (C=O) groups excluding carboxylic acids is 1. The molecular weight excluding hydrogens is 220 g/mol. The van der Waals surface area contributed by atoms with E-state index in [0.717, 1.165) is 31.7 Å². The van der Waals surface area contributed by atoms with Gasteiger partial charge in [-0.2, -0.15) is 0 Å². The summed E-state index contributed by atoms with van der Waals surface area (Å²) in [5.74, 6) is 1.48. The summed E-state index contributed by atoms with van der Waals surface area (Å²) >= 11 is 1.81. The lowest BCUT2D eigenvalue weighted by Crippen LogP contribution is -2.36. The molecule has 2 atom stereocenters. The average Bonchev–Trinajstić information content (AvgIpc) is 2.72. The molecular formula is C9H17ClN2OS. The van der Waals surface area contributed by atoms with Crippen molar-refractivity contribution < 1.29 is 4.79 Å². The lowest BCUT2D eigenvalue weighted by molar-refractivity contribution is -0.129. The lowest BCUT2D eigenvalue weighted by atomic mass is 10.2. The summed E-state index contributed by atoms with van der Waals surface area (Å²) in [6, 6.07) is 0.218. The topological polar surface area (TPSA) is 46.3 Å². The fourth-order valence-electron chi connectivity index (χ4n) is 1.96. The highest BCUT2D eigenvalue weighted by Crippen LogP contribution is 2.28. The second-order valence-electron chi connectivity index (χ2n) is 3.83. The first kappa shape index (κ1) is 12.1. The second kappa shape index (κ2) is 5.24. The number of thioether (sulfide) groups is 1. The summed E-state index contributed by atoms with van der Waals surface area (Å²) in [6.07, 6.45) is 3.24. The van der Waals surface area contributed by atoms with Crippen LogP contribution >= 0.6 is 24.2 Å². The third-order valence-electron chi connectivity index (χ3n) is 2.74. The van der Waals surface area contributed by atoms with Crippen LogP contribution in [0.25, 0.3) is 0 Å². The monoisotopic (exact) mass is 236 g/mol. The molecule has 2 aliphatic heterocycles. The van der Waals surface area contributed by atoms with Gasteiger partial charge < -0.3 is 10.6 Å². The van der Waals surface area contributed by atoms with Crippen LogP contribution in [0.15, 0.2) is 0 Å². The fourth-order valence-corrected chi connectivity index (χ4v) is 3.21. The molecule has 2 heterocycles. The molecule has 0 aliphatic carbocycles. The highest BCUT2D eigenvalue weighted by Gasteiger charge is 2.31. The Morgan fingerprint density at radius 2 is 2.21 bits per heavy atom. The fraction of sp³-hybridized carbons (Fsp3) is 0.889. The van der Waals surface area contributed by atoms with Crippen molar-refractivity contribution in [2.24, 2.45) is 5.73 Å². The maximum absolute atomic E-state index is 11.8. The summed E-state index contributed by atoms with van der Waals surface area (Å²) in [5, 5.41) is 0.241. The van der Waals surface area contributed by atoms with E-state index in [1.807, 2.05) is 4.90 Å². The van der Waals surface area contributed by atoms with Crippen LogP contribution < -0.4 is 5.73 Å². The van der Waals surface area contributed by atoms with Gasteiger partial charge in [-0.3, -0.25) is 4.79 Å². The van der Waals surface area contributed by atoms with Gasteiger partial charge in [-0.1, -0.05) is 0 Å². The summed E-state index contributed by atoms with van der Waals surface area (Å²) in [7, 11) is 0. The third-order valence-corrected chi connectivity index (χ3v) is 4.11. The summed E-state index contributed by atoms with van der Waals surface area (Å²) in [6.45, 7) is 1.65. The van der Waals surface area contributed by atoms with Crippen molar-refractivity contribution >= 4 is 30.1 Å². The zero-order chi connectivity index (χ0) is 9.26. The highest BCUT2D eigenvalue weighted by atomic mass is 35.5. The van der Waals surface area contributed by atoms with Crippen molar-refractivity contribution in [2.75, 3.05) is 18.8 Å². The van der Waals surface area contributed by atoms with E-state index in [9.17, 15) is 4.79 Å². The van der Waals surface area contributed by atoms with Crippen molar-refractivity contribution in [3.63, 3.8) is 0 Å². The minimum Gasteiger partial charge on any atom is -0.340 e. The summed E-state index contributed by atoms with van der Waals surface area (Å²) in [4.78, 5) is 13.8. The molecule has 3 nitrogen and oxygen atoms in total. The van der Waals surface area contributed by atoms with E-state index < -0.39 is 0 Å². The van der Waals surface area contributed by atoms with Crippen molar-refractivity contribution in [1.29, 1.82) is 0 Å². The molecule has 5 heteroatoms. The predicted octanol–water partition coefficient (Wildman–Crippen LogP) is 0.863. The first-order valence-electron chi connectivity index (χ1n) is 4.93. The molecule has 2 unspecified atom stereocenters. The van der Waals surface area contributed by atoms with Crippen molar-refractivity contribution in [1.82, 2.24) is 4.90 Å². The maximum atomic E-state index is 11.8. The van der Waals surface area contributed by atoms with Crippen molar-refractivity contribution in [2.45, 2.75) is 30.6 Å². The standard InChI is InChI=1S/C9H16N2OS.ClH/c10-7-3-4-11(6-7)9(12)8-2-1-5-13-8;/h7-8H,1-6,10H2;1H. The number of nitrogens with two attached hydrogens (primary N) is 1. The van der Waals surface area contributed by atoms with Gasteiger partial charge in [0.25, 0.3) is 0 Å². The van der Waals surface area contributed by atoms with Gasteiger partial charge in [0, 0.05) is 19.1 Å². The molecule has 2 aliphatic rings. The van der Waals surface area contributed by atoms with Crippen LogP contribution in [0.5, 0.6) is 0 Å². The largest absolute Gasteiger partial charge is 0.340 e. The van der Waals surface area contributed by atoms with Crippen LogP contribution in [-0.4, -0.2) is 40.9 Å². The smallest absolute Gasteiger partial charge is 0.235 e. The molecule has 2 fully saturated rings. The molecule has 0 aromatic rings.